The molecule has 12 heteroatoms. The van der Waals surface area contributed by atoms with Crippen molar-refractivity contribution in [2.75, 3.05) is 25.0 Å². The van der Waals surface area contributed by atoms with Gasteiger partial charge in [-0.3, -0.25) is 14.6 Å². The molecule has 0 bridgehead atoms. The minimum Gasteiger partial charge on any atom is -0.480 e. The van der Waals surface area contributed by atoms with Crippen molar-refractivity contribution in [3.05, 3.63) is 106 Å². The van der Waals surface area contributed by atoms with Gasteiger partial charge in [-0.2, -0.15) is 0 Å². The maximum absolute atomic E-state index is 14.8. The lowest BCUT2D eigenvalue weighted by Crippen LogP contribution is -2.55. The second-order valence-corrected chi connectivity index (χ2v) is 10.3. The minimum absolute atomic E-state index is 0. The third-order valence-corrected chi connectivity index (χ3v) is 7.35. The zero-order valence-corrected chi connectivity index (χ0v) is 22.7. The molecular weight excluding hydrogens is 578 g/mol. The number of aliphatic carboxylic acids is 1. The largest absolute Gasteiger partial charge is 0.480 e. The molecule has 220 valence electrons. The number of piperazine rings is 1. The van der Waals surface area contributed by atoms with Crippen LogP contribution in [0.5, 0.6) is 0 Å². The highest BCUT2D eigenvalue weighted by atomic mass is 35.5. The van der Waals surface area contributed by atoms with Crippen LogP contribution >= 0.6 is 11.6 Å². The predicted molar refractivity (Wildman–Crippen MR) is 160 cm³/mol. The van der Waals surface area contributed by atoms with Gasteiger partial charge < -0.3 is 20.6 Å². The molecule has 43 heavy (non-hydrogen) atoms. The number of aromatic nitrogens is 2. The summed E-state index contributed by atoms with van der Waals surface area (Å²) in [7, 11) is 0. The van der Waals surface area contributed by atoms with Crippen molar-refractivity contribution < 1.29 is 23.5 Å². The molecule has 3 heterocycles. The summed E-state index contributed by atoms with van der Waals surface area (Å²) in [5.41, 5.74) is 3.16. The van der Waals surface area contributed by atoms with E-state index in [4.69, 9.17) is 16.6 Å². The summed E-state index contributed by atoms with van der Waals surface area (Å²) in [6.45, 7) is 0.984. The fourth-order valence-corrected chi connectivity index (χ4v) is 5.20. The Morgan fingerprint density at radius 2 is 1.79 bits per heavy atom. The normalized spacial score (nSPS) is 15.7. The number of nitrogens with zero attached hydrogens (tertiary/aromatic N) is 4. The van der Waals surface area contributed by atoms with E-state index in [-0.39, 0.29) is 43.6 Å². The summed E-state index contributed by atoms with van der Waals surface area (Å²) in [4.78, 5) is 39.4. The van der Waals surface area contributed by atoms with Gasteiger partial charge in [0.05, 0.1) is 23.5 Å². The number of fused-ring (bicyclic) bond motifs is 3. The highest BCUT2D eigenvalue weighted by Gasteiger charge is 2.28. The van der Waals surface area contributed by atoms with Crippen molar-refractivity contribution in [3.8, 4) is 11.3 Å². The van der Waals surface area contributed by atoms with E-state index in [1.807, 2.05) is 0 Å². The third kappa shape index (κ3) is 5.95. The topological polar surface area (TPSA) is 120 Å². The summed E-state index contributed by atoms with van der Waals surface area (Å²) >= 11 is 6.29. The van der Waals surface area contributed by atoms with Gasteiger partial charge in [-0.05, 0) is 48.5 Å². The van der Waals surface area contributed by atoms with Crippen LogP contribution in [0.15, 0.2) is 71.9 Å². The van der Waals surface area contributed by atoms with Crippen LogP contribution in [-0.2, 0) is 11.3 Å². The lowest BCUT2D eigenvalue weighted by Gasteiger charge is -2.31. The SMILES string of the molecule is C.O=C(O)C1CN(C(=O)c2ccc(Nc3ncc4c(n3)-c3ccc(Cl)cc3C(c3c(F)cccc3F)=NC4)cc2)CCN1. The highest BCUT2D eigenvalue weighted by Crippen LogP contribution is 2.34. The van der Waals surface area contributed by atoms with Gasteiger partial charge in [-0.1, -0.05) is 31.2 Å². The maximum atomic E-state index is 14.8. The first-order valence-corrected chi connectivity index (χ1v) is 13.4. The van der Waals surface area contributed by atoms with Crippen LogP contribution in [0, 0.1) is 11.6 Å². The average molecular weight is 605 g/mol. The number of hydrogen-bond donors (Lipinski definition) is 3. The van der Waals surface area contributed by atoms with Crippen molar-refractivity contribution in [2.24, 2.45) is 4.99 Å². The number of aliphatic imine (C=N–C) groups is 1. The lowest BCUT2D eigenvalue weighted by molar-refractivity contribution is -0.140. The Labute approximate surface area is 251 Å². The highest BCUT2D eigenvalue weighted by molar-refractivity contribution is 6.31. The molecule has 4 aromatic rings. The molecular formula is C31H27ClF2N6O3. The summed E-state index contributed by atoms with van der Waals surface area (Å²) < 4.78 is 29.6. The summed E-state index contributed by atoms with van der Waals surface area (Å²) in [6, 6.07) is 14.6. The van der Waals surface area contributed by atoms with E-state index in [1.165, 1.54) is 23.1 Å². The Balaban J connectivity index is 0.00000368. The molecule has 0 aliphatic carbocycles. The molecule has 1 unspecified atom stereocenters. The van der Waals surface area contributed by atoms with Crippen molar-refractivity contribution in [3.63, 3.8) is 0 Å². The number of amides is 1. The van der Waals surface area contributed by atoms with Gasteiger partial charge in [0.1, 0.15) is 17.7 Å². The first-order valence-electron chi connectivity index (χ1n) is 13.1. The molecule has 9 nitrogen and oxygen atoms in total. The number of nitrogens with one attached hydrogen (secondary N) is 2. The number of carbonyl (C=O) groups excluding carboxylic acids is 1. The molecule has 1 aromatic heterocycles. The zero-order chi connectivity index (χ0) is 29.4. The first kappa shape index (κ1) is 29.7. The number of carboxylic acids is 1. The molecule has 6 rings (SSSR count). The Kier molecular flexibility index (Phi) is 8.47. The minimum atomic E-state index is -0.999. The zero-order valence-electron chi connectivity index (χ0n) is 21.9. The van der Waals surface area contributed by atoms with Gasteiger partial charge in [-0.15, -0.1) is 0 Å². The van der Waals surface area contributed by atoms with Gasteiger partial charge in [0.15, 0.2) is 0 Å². The number of carboxylic acid groups (broad SMARTS) is 1. The number of benzene rings is 3. The second-order valence-electron chi connectivity index (χ2n) is 9.82. The first-order chi connectivity index (χ1) is 20.3. The average Bonchev–Trinajstić information content (AvgIpc) is 3.14. The van der Waals surface area contributed by atoms with Crippen molar-refractivity contribution in [1.29, 1.82) is 0 Å². The van der Waals surface area contributed by atoms with Crippen LogP contribution in [-0.4, -0.2) is 63.2 Å². The van der Waals surface area contributed by atoms with Crippen molar-refractivity contribution in [1.82, 2.24) is 20.2 Å². The quantitative estimate of drug-likeness (QED) is 0.283. The van der Waals surface area contributed by atoms with Crippen LogP contribution in [0.1, 0.15) is 34.5 Å². The molecule has 2 aliphatic rings. The van der Waals surface area contributed by atoms with Gasteiger partial charge in [0.25, 0.3) is 5.91 Å². The van der Waals surface area contributed by atoms with Gasteiger partial charge >= 0.3 is 5.97 Å². The molecule has 0 radical (unpaired) electrons. The number of anilines is 2. The molecule has 1 amide bonds. The van der Waals surface area contributed by atoms with Crippen LogP contribution < -0.4 is 10.6 Å². The third-order valence-electron chi connectivity index (χ3n) is 7.11. The molecule has 3 N–H and O–H groups in total. The fraction of sp³-hybridized carbons (Fsp3) is 0.194. The van der Waals surface area contributed by atoms with Crippen LogP contribution in [0.3, 0.4) is 0 Å². The fourth-order valence-electron chi connectivity index (χ4n) is 5.03. The molecule has 1 saturated heterocycles. The Bertz CT molecular complexity index is 1730. The van der Waals surface area contributed by atoms with Gasteiger partial charge in [0, 0.05) is 58.8 Å². The van der Waals surface area contributed by atoms with Crippen LogP contribution in [0.2, 0.25) is 5.02 Å². The molecule has 1 fully saturated rings. The lowest BCUT2D eigenvalue weighted by atomic mass is 9.95. The Morgan fingerprint density at radius 1 is 1.05 bits per heavy atom. The predicted octanol–water partition coefficient (Wildman–Crippen LogP) is 5.30. The monoisotopic (exact) mass is 604 g/mol. The molecule has 2 aliphatic heterocycles. The Morgan fingerprint density at radius 3 is 2.51 bits per heavy atom. The number of rotatable bonds is 5. The van der Waals surface area contributed by atoms with E-state index < -0.39 is 23.6 Å². The van der Waals surface area contributed by atoms with E-state index in [1.54, 1.807) is 48.7 Å². The van der Waals surface area contributed by atoms with Gasteiger partial charge in [0.2, 0.25) is 5.95 Å². The van der Waals surface area contributed by atoms with Crippen LogP contribution in [0.4, 0.5) is 20.4 Å². The molecule has 0 spiro atoms. The summed E-state index contributed by atoms with van der Waals surface area (Å²) in [5.74, 6) is -2.46. The smallest absolute Gasteiger partial charge is 0.322 e. The van der Waals surface area contributed by atoms with E-state index >= 15 is 0 Å². The van der Waals surface area contributed by atoms with Crippen LogP contribution in [0.25, 0.3) is 11.3 Å². The molecule has 3 aromatic carbocycles. The van der Waals surface area contributed by atoms with E-state index in [0.29, 0.717) is 51.7 Å². The number of carbonyl (C=O) groups is 2. The number of halogens is 3. The second kappa shape index (κ2) is 12.2. The molecule has 0 saturated carbocycles. The van der Waals surface area contributed by atoms with Crippen molar-refractivity contribution in [2.45, 2.75) is 20.0 Å². The van der Waals surface area contributed by atoms with E-state index in [0.717, 1.165) is 0 Å². The summed E-state index contributed by atoms with van der Waals surface area (Å²) in [6.07, 6.45) is 1.61. The van der Waals surface area contributed by atoms with Crippen molar-refractivity contribution >= 4 is 40.8 Å². The molecule has 1 atom stereocenters. The van der Waals surface area contributed by atoms with Gasteiger partial charge in [-0.25, -0.2) is 18.7 Å². The van der Waals surface area contributed by atoms with E-state index in [2.05, 4.69) is 20.6 Å². The van der Waals surface area contributed by atoms with E-state index in [9.17, 15) is 23.5 Å². The summed E-state index contributed by atoms with van der Waals surface area (Å²) in [5, 5.41) is 15.6. The Hall–Kier alpha value is -4.74. The standard InChI is InChI=1S/C30H23ClF2N6O3.CH4/c31-18-6-9-20-21(12-18)27(25-22(32)2-1-3-23(25)33)35-13-17-14-36-30(38-26(17)20)37-19-7-4-16(5-8-19)28(40)39-11-10-34-24(15-39)29(41)42;/h1-9,12,14,24,34H,10-11,13,15H2,(H,41,42)(H,36,37,38);1H4. The maximum Gasteiger partial charge on any atom is 0.322 e. The number of hydrogen-bond acceptors (Lipinski definition) is 7.